The highest BCUT2D eigenvalue weighted by atomic mass is 28.4. The maximum atomic E-state index is 6.04. The second-order valence-corrected chi connectivity index (χ2v) is 8.08. The maximum absolute atomic E-state index is 6.04. The molecule has 0 unspecified atom stereocenters. The highest BCUT2D eigenvalue weighted by Gasteiger charge is 2.40. The molecule has 0 bridgehead atoms. The Morgan fingerprint density at radius 3 is 1.33 bits per heavy atom. The van der Waals surface area contributed by atoms with E-state index in [-0.39, 0.29) is 0 Å². The van der Waals surface area contributed by atoms with Crippen molar-refractivity contribution in [3.63, 3.8) is 0 Å². The Morgan fingerprint density at radius 2 is 1.08 bits per heavy atom. The molecule has 0 spiro atoms. The number of hydrogen-bond acceptors (Lipinski definition) is 6. The molecule has 3 aromatic rings. The number of furan rings is 3. The van der Waals surface area contributed by atoms with Gasteiger partial charge in [-0.15, -0.1) is 0 Å². The first kappa shape index (κ1) is 16.8. The fraction of sp³-hybridized carbons (Fsp3) is 0.294. The van der Waals surface area contributed by atoms with Crippen molar-refractivity contribution in [2.75, 3.05) is 0 Å². The van der Waals surface area contributed by atoms with Crippen molar-refractivity contribution in [3.8, 4) is 0 Å². The molecule has 6 nitrogen and oxygen atoms in total. The molecule has 7 heteroatoms. The van der Waals surface area contributed by atoms with E-state index in [4.69, 9.17) is 26.5 Å². The first-order valence-electron chi connectivity index (χ1n) is 7.79. The molecule has 0 N–H and O–H groups in total. The van der Waals surface area contributed by atoms with Crippen LogP contribution in [0.25, 0.3) is 0 Å². The summed E-state index contributed by atoms with van der Waals surface area (Å²) in [6.07, 6.45) is 4.84. The Hall–Kier alpha value is -2.06. The van der Waals surface area contributed by atoms with Crippen LogP contribution in [0.2, 0.25) is 6.04 Å². The van der Waals surface area contributed by atoms with Crippen LogP contribution in [0.5, 0.6) is 0 Å². The lowest BCUT2D eigenvalue weighted by Crippen LogP contribution is -2.44. The van der Waals surface area contributed by atoms with Gasteiger partial charge in [-0.05, 0) is 36.4 Å². The van der Waals surface area contributed by atoms with Crippen LogP contribution in [0.4, 0.5) is 0 Å². The summed E-state index contributed by atoms with van der Waals surface area (Å²) >= 11 is 0. The summed E-state index contributed by atoms with van der Waals surface area (Å²) in [6.45, 7) is 2.87. The molecule has 0 saturated carbocycles. The molecule has 3 aromatic heterocycles. The van der Waals surface area contributed by atoms with Crippen molar-refractivity contribution in [1.29, 1.82) is 0 Å². The van der Waals surface area contributed by atoms with Crippen molar-refractivity contribution < 1.29 is 26.5 Å². The Balaban J connectivity index is 1.66. The second-order valence-electron chi connectivity index (χ2n) is 5.14. The molecule has 24 heavy (non-hydrogen) atoms. The number of rotatable bonds is 10. The van der Waals surface area contributed by atoms with Crippen LogP contribution < -0.4 is 0 Å². The minimum Gasteiger partial charge on any atom is -0.467 e. The predicted octanol–water partition coefficient (Wildman–Crippen LogP) is 4.37. The van der Waals surface area contributed by atoms with Crippen LogP contribution in [0.15, 0.2) is 68.4 Å². The van der Waals surface area contributed by atoms with Gasteiger partial charge in [0.05, 0.1) is 38.6 Å². The average molecular weight is 348 g/mol. The zero-order valence-corrected chi connectivity index (χ0v) is 14.5. The largest absolute Gasteiger partial charge is 0.501 e. The van der Waals surface area contributed by atoms with Gasteiger partial charge >= 0.3 is 8.80 Å². The maximum Gasteiger partial charge on any atom is 0.501 e. The Morgan fingerprint density at radius 1 is 0.708 bits per heavy atom. The molecule has 3 heterocycles. The van der Waals surface area contributed by atoms with Crippen LogP contribution in [-0.2, 0) is 33.1 Å². The Kier molecular flexibility index (Phi) is 5.71. The minimum atomic E-state index is -2.92. The van der Waals surface area contributed by atoms with E-state index in [1.807, 2.05) is 43.3 Å². The van der Waals surface area contributed by atoms with Crippen LogP contribution in [0.3, 0.4) is 0 Å². The molecule has 3 rings (SSSR count). The minimum absolute atomic E-state index is 0.295. The van der Waals surface area contributed by atoms with Gasteiger partial charge in [0.2, 0.25) is 0 Å². The Bertz CT molecular complexity index is 581. The fourth-order valence-electron chi connectivity index (χ4n) is 2.16. The van der Waals surface area contributed by atoms with Crippen LogP contribution in [0, 0.1) is 0 Å². The van der Waals surface area contributed by atoms with Crippen molar-refractivity contribution in [1.82, 2.24) is 0 Å². The molecule has 128 valence electrons. The summed E-state index contributed by atoms with van der Waals surface area (Å²) < 4.78 is 34.1. The van der Waals surface area contributed by atoms with Crippen molar-refractivity contribution >= 4 is 8.80 Å². The molecule has 0 aliphatic rings. The summed E-state index contributed by atoms with van der Waals surface area (Å²) in [5.41, 5.74) is 0. The standard InChI is InChI=1S/C17H20O6Si/c1-2-24(21-12-15-6-3-9-18-15,22-13-16-7-4-10-19-16)23-14-17-8-5-11-20-17/h3-11H,2,12-14H2,1H3. The zero-order valence-electron chi connectivity index (χ0n) is 13.5. The Labute approximate surface area is 141 Å². The molecule has 0 aliphatic carbocycles. The third-order valence-electron chi connectivity index (χ3n) is 3.48. The van der Waals surface area contributed by atoms with E-state index >= 15 is 0 Å². The van der Waals surface area contributed by atoms with E-state index < -0.39 is 8.80 Å². The smallest absolute Gasteiger partial charge is 0.467 e. The van der Waals surface area contributed by atoms with E-state index in [2.05, 4.69) is 0 Å². The molecule has 0 amide bonds. The molecule has 0 saturated heterocycles. The van der Waals surface area contributed by atoms with E-state index in [9.17, 15) is 0 Å². The summed E-state index contributed by atoms with van der Waals surface area (Å²) in [5, 5.41) is 0. The third kappa shape index (κ3) is 4.48. The third-order valence-corrected chi connectivity index (χ3v) is 6.09. The van der Waals surface area contributed by atoms with Gasteiger partial charge < -0.3 is 26.5 Å². The van der Waals surface area contributed by atoms with Crippen LogP contribution >= 0.6 is 0 Å². The van der Waals surface area contributed by atoms with Crippen molar-refractivity contribution in [3.05, 3.63) is 72.5 Å². The van der Waals surface area contributed by atoms with Gasteiger partial charge in [-0.25, -0.2) is 0 Å². The van der Waals surface area contributed by atoms with Gasteiger partial charge in [-0.3, -0.25) is 0 Å². The fourth-order valence-corrected chi connectivity index (χ4v) is 4.11. The molecule has 0 aliphatic heterocycles. The van der Waals surface area contributed by atoms with E-state index in [0.29, 0.717) is 25.9 Å². The lowest BCUT2D eigenvalue weighted by atomic mass is 10.5. The van der Waals surface area contributed by atoms with Crippen LogP contribution in [0.1, 0.15) is 24.2 Å². The SMILES string of the molecule is CC[Si](OCc1ccco1)(OCc1ccco1)OCc1ccco1. The van der Waals surface area contributed by atoms with E-state index in [1.54, 1.807) is 18.8 Å². The van der Waals surface area contributed by atoms with Gasteiger partial charge in [0.25, 0.3) is 0 Å². The summed E-state index contributed by atoms with van der Waals surface area (Å²) in [5.74, 6) is 2.18. The lowest BCUT2D eigenvalue weighted by molar-refractivity contribution is 0.0316. The highest BCUT2D eigenvalue weighted by Crippen LogP contribution is 2.22. The van der Waals surface area contributed by atoms with Gasteiger partial charge in [-0.2, -0.15) is 0 Å². The van der Waals surface area contributed by atoms with Gasteiger partial charge in [-0.1, -0.05) is 6.92 Å². The predicted molar refractivity (Wildman–Crippen MR) is 86.7 cm³/mol. The molecule has 0 fully saturated rings. The molecule has 0 atom stereocenters. The first-order chi connectivity index (χ1) is 11.8. The second kappa shape index (κ2) is 8.16. The molecular weight excluding hydrogens is 328 g/mol. The van der Waals surface area contributed by atoms with Crippen molar-refractivity contribution in [2.24, 2.45) is 0 Å². The zero-order chi connectivity index (χ0) is 16.7. The summed E-state index contributed by atoms with van der Waals surface area (Å²) in [6, 6.07) is 11.6. The molecular formula is C17H20O6Si. The first-order valence-corrected chi connectivity index (χ1v) is 9.72. The normalized spacial score (nSPS) is 11.9. The lowest BCUT2D eigenvalue weighted by Gasteiger charge is -2.27. The van der Waals surface area contributed by atoms with Gasteiger partial charge in [0.15, 0.2) is 0 Å². The van der Waals surface area contributed by atoms with Crippen molar-refractivity contribution in [2.45, 2.75) is 32.8 Å². The van der Waals surface area contributed by atoms with E-state index in [0.717, 1.165) is 17.3 Å². The van der Waals surface area contributed by atoms with Gasteiger partial charge in [0, 0.05) is 6.04 Å². The van der Waals surface area contributed by atoms with E-state index in [1.165, 1.54) is 0 Å². The summed E-state index contributed by atoms with van der Waals surface area (Å²) in [7, 11) is -2.92. The van der Waals surface area contributed by atoms with Gasteiger partial charge in [0.1, 0.15) is 17.3 Å². The monoisotopic (exact) mass is 348 g/mol. The molecule has 0 radical (unpaired) electrons. The highest BCUT2D eigenvalue weighted by molar-refractivity contribution is 6.60. The number of hydrogen-bond donors (Lipinski definition) is 0. The average Bonchev–Trinajstić information content (AvgIpc) is 3.37. The summed E-state index contributed by atoms with van der Waals surface area (Å²) in [4.78, 5) is 0. The quantitative estimate of drug-likeness (QED) is 0.507. The topological polar surface area (TPSA) is 67.1 Å². The molecule has 0 aromatic carbocycles. The van der Waals surface area contributed by atoms with Crippen LogP contribution in [-0.4, -0.2) is 8.80 Å².